The summed E-state index contributed by atoms with van der Waals surface area (Å²) >= 11 is 0. The fourth-order valence-corrected chi connectivity index (χ4v) is 1.38. The van der Waals surface area contributed by atoms with E-state index in [9.17, 15) is 4.79 Å². The van der Waals surface area contributed by atoms with Gasteiger partial charge < -0.3 is 20.3 Å². The van der Waals surface area contributed by atoms with Gasteiger partial charge in [0.2, 0.25) is 0 Å². The Kier molecular flexibility index (Phi) is 12.5. The minimum absolute atomic E-state index is 0. The molecule has 0 aromatic rings. The number of amides is 1. The molecule has 0 aliphatic carbocycles. The summed E-state index contributed by atoms with van der Waals surface area (Å²) in [6, 6.07) is 0. The maximum atomic E-state index is 11.6. The van der Waals surface area contributed by atoms with Gasteiger partial charge in [-0.2, -0.15) is 0 Å². The number of hydrogen-bond acceptors (Lipinski definition) is 4. The number of carbonyl (C=O) groups excluding carboxylic acids is 1. The van der Waals surface area contributed by atoms with Gasteiger partial charge in [-0.05, 0) is 13.6 Å². The molecule has 17 heavy (non-hydrogen) atoms. The van der Waals surface area contributed by atoms with Crippen LogP contribution in [0.2, 0.25) is 0 Å². The Balaban J connectivity index is 0. The topological polar surface area (TPSA) is 53.6 Å². The van der Waals surface area contributed by atoms with Crippen LogP contribution in [0.4, 0.5) is 0 Å². The molecule has 1 rings (SSSR count). The van der Waals surface area contributed by atoms with Crippen molar-refractivity contribution in [2.24, 2.45) is 0 Å². The first kappa shape index (κ1) is 19.3. The lowest BCUT2D eigenvalue weighted by molar-refractivity contribution is -0.134. The highest BCUT2D eigenvalue weighted by molar-refractivity contribution is 5.85. The van der Waals surface area contributed by atoms with Crippen LogP contribution >= 0.6 is 24.8 Å². The minimum Gasteiger partial charge on any atom is -0.366 e. The van der Waals surface area contributed by atoms with Crippen LogP contribution in [-0.2, 0) is 9.53 Å². The summed E-state index contributed by atoms with van der Waals surface area (Å²) in [5, 5.41) is 6.00. The first-order valence-electron chi connectivity index (χ1n) is 5.52. The van der Waals surface area contributed by atoms with E-state index < -0.39 is 0 Å². The molecule has 1 saturated heterocycles. The Morgan fingerprint density at radius 1 is 1.53 bits per heavy atom. The third kappa shape index (κ3) is 7.78. The first-order chi connectivity index (χ1) is 7.24. The van der Waals surface area contributed by atoms with Gasteiger partial charge in [0.15, 0.2) is 0 Å². The molecule has 0 aromatic heterocycles. The van der Waals surface area contributed by atoms with E-state index in [1.807, 2.05) is 7.05 Å². The van der Waals surface area contributed by atoms with Crippen molar-refractivity contribution in [1.29, 1.82) is 0 Å². The van der Waals surface area contributed by atoms with Crippen LogP contribution in [0.15, 0.2) is 0 Å². The van der Waals surface area contributed by atoms with E-state index in [1.54, 1.807) is 0 Å². The van der Waals surface area contributed by atoms with Gasteiger partial charge in [0.1, 0.15) is 6.10 Å². The zero-order valence-corrected chi connectivity index (χ0v) is 12.0. The van der Waals surface area contributed by atoms with Crippen molar-refractivity contribution in [3.63, 3.8) is 0 Å². The number of ether oxygens (including phenoxy) is 1. The molecule has 1 amide bonds. The molecule has 1 aliphatic rings. The highest BCUT2D eigenvalue weighted by atomic mass is 35.5. The predicted octanol–water partition coefficient (Wildman–Crippen LogP) is -0.114. The summed E-state index contributed by atoms with van der Waals surface area (Å²) in [7, 11) is 2.03. The normalized spacial score (nSPS) is 19.1. The van der Waals surface area contributed by atoms with Crippen molar-refractivity contribution in [1.82, 2.24) is 15.5 Å². The van der Waals surface area contributed by atoms with Crippen molar-refractivity contribution in [2.75, 3.05) is 46.4 Å². The van der Waals surface area contributed by atoms with Gasteiger partial charge in [-0.1, -0.05) is 6.92 Å². The van der Waals surface area contributed by atoms with Crippen LogP contribution in [0.25, 0.3) is 0 Å². The highest BCUT2D eigenvalue weighted by Crippen LogP contribution is 1.95. The molecule has 0 bridgehead atoms. The molecule has 1 aliphatic heterocycles. The number of nitrogens with one attached hydrogen (secondary N) is 2. The summed E-state index contributed by atoms with van der Waals surface area (Å²) in [4.78, 5) is 13.7. The van der Waals surface area contributed by atoms with Crippen LogP contribution in [0.1, 0.15) is 6.92 Å². The molecule has 0 aromatic carbocycles. The predicted molar refractivity (Wildman–Crippen MR) is 73.3 cm³/mol. The molecule has 1 atom stereocenters. The van der Waals surface area contributed by atoms with Gasteiger partial charge in [0.25, 0.3) is 5.91 Å². The fourth-order valence-electron chi connectivity index (χ4n) is 1.38. The summed E-state index contributed by atoms with van der Waals surface area (Å²) in [6.45, 7) is 6.73. The molecule has 0 radical (unpaired) electrons. The fraction of sp³-hybridized carbons (Fsp3) is 0.900. The molecular formula is C10H23Cl2N3O2. The van der Waals surface area contributed by atoms with Crippen LogP contribution in [0, 0.1) is 0 Å². The summed E-state index contributed by atoms with van der Waals surface area (Å²) < 4.78 is 5.34. The van der Waals surface area contributed by atoms with Crippen LogP contribution < -0.4 is 10.6 Å². The molecule has 1 heterocycles. The monoisotopic (exact) mass is 287 g/mol. The van der Waals surface area contributed by atoms with Gasteiger partial charge in [-0.25, -0.2) is 0 Å². The van der Waals surface area contributed by atoms with Gasteiger partial charge in [-0.15, -0.1) is 24.8 Å². The lowest BCUT2D eigenvalue weighted by atomic mass is 10.3. The van der Waals surface area contributed by atoms with Gasteiger partial charge >= 0.3 is 0 Å². The number of morpholine rings is 1. The molecule has 1 fully saturated rings. The van der Waals surface area contributed by atoms with E-state index in [4.69, 9.17) is 4.74 Å². The average Bonchev–Trinajstić information content (AvgIpc) is 2.29. The molecular weight excluding hydrogens is 265 g/mol. The second-order valence-corrected chi connectivity index (χ2v) is 3.75. The number of carbonyl (C=O) groups is 1. The summed E-state index contributed by atoms with van der Waals surface area (Å²) in [6.07, 6.45) is -0.314. The molecule has 0 spiro atoms. The largest absolute Gasteiger partial charge is 0.366 e. The molecule has 7 heteroatoms. The van der Waals surface area contributed by atoms with Crippen LogP contribution in [-0.4, -0.2) is 63.3 Å². The van der Waals surface area contributed by atoms with Gasteiger partial charge in [0, 0.05) is 26.2 Å². The van der Waals surface area contributed by atoms with E-state index in [-0.39, 0.29) is 36.8 Å². The average molecular weight is 288 g/mol. The first-order valence-corrected chi connectivity index (χ1v) is 5.52. The Labute approximate surface area is 115 Å². The Morgan fingerprint density at radius 3 is 2.76 bits per heavy atom. The van der Waals surface area contributed by atoms with E-state index in [0.29, 0.717) is 19.7 Å². The van der Waals surface area contributed by atoms with Gasteiger partial charge in [0.05, 0.1) is 6.61 Å². The number of rotatable bonds is 5. The molecule has 5 nitrogen and oxygen atoms in total. The lowest BCUT2D eigenvalue weighted by Gasteiger charge is -2.23. The Hall–Kier alpha value is -0.0700. The Morgan fingerprint density at radius 2 is 2.24 bits per heavy atom. The number of hydrogen-bond donors (Lipinski definition) is 2. The van der Waals surface area contributed by atoms with Crippen molar-refractivity contribution in [2.45, 2.75) is 13.0 Å². The zero-order valence-electron chi connectivity index (χ0n) is 10.4. The summed E-state index contributed by atoms with van der Waals surface area (Å²) in [5.74, 6) is -0.00768. The van der Waals surface area contributed by atoms with Crippen molar-refractivity contribution < 1.29 is 9.53 Å². The maximum Gasteiger partial charge on any atom is 0.250 e. The molecule has 2 N–H and O–H groups in total. The SMILES string of the molecule is CCN(C)CCNC(=O)C1CNCCO1.Cl.Cl. The highest BCUT2D eigenvalue weighted by Gasteiger charge is 2.20. The van der Waals surface area contributed by atoms with Gasteiger partial charge in [-0.3, -0.25) is 4.79 Å². The smallest absolute Gasteiger partial charge is 0.250 e. The van der Waals surface area contributed by atoms with Crippen LogP contribution in [0.5, 0.6) is 0 Å². The van der Waals surface area contributed by atoms with Crippen molar-refractivity contribution in [3.05, 3.63) is 0 Å². The molecule has 104 valence electrons. The number of halogens is 2. The van der Waals surface area contributed by atoms with E-state index in [2.05, 4.69) is 22.5 Å². The van der Waals surface area contributed by atoms with E-state index >= 15 is 0 Å². The van der Waals surface area contributed by atoms with Crippen molar-refractivity contribution in [3.8, 4) is 0 Å². The zero-order chi connectivity index (χ0) is 11.1. The number of nitrogens with zero attached hydrogens (tertiary/aromatic N) is 1. The number of likely N-dealkylation sites (N-methyl/N-ethyl adjacent to an activating group) is 1. The van der Waals surface area contributed by atoms with Crippen LogP contribution in [0.3, 0.4) is 0 Å². The minimum atomic E-state index is -0.314. The quantitative estimate of drug-likeness (QED) is 0.741. The lowest BCUT2D eigenvalue weighted by Crippen LogP contribution is -2.48. The maximum absolute atomic E-state index is 11.6. The summed E-state index contributed by atoms with van der Waals surface area (Å²) in [5.41, 5.74) is 0. The molecule has 1 unspecified atom stereocenters. The van der Waals surface area contributed by atoms with E-state index in [1.165, 1.54) is 0 Å². The third-order valence-corrected chi connectivity index (χ3v) is 2.55. The Bertz CT molecular complexity index is 202. The standard InChI is InChI=1S/C10H21N3O2.2ClH/c1-3-13(2)6-4-12-10(14)9-8-11-5-7-15-9;;/h9,11H,3-8H2,1-2H3,(H,12,14);2*1H. The second-order valence-electron chi connectivity index (χ2n) is 3.75. The van der Waals surface area contributed by atoms with Crippen molar-refractivity contribution >= 4 is 30.7 Å². The van der Waals surface area contributed by atoms with E-state index in [0.717, 1.165) is 19.6 Å². The second kappa shape index (κ2) is 11.0. The third-order valence-electron chi connectivity index (χ3n) is 2.55. The molecule has 0 saturated carbocycles.